The highest BCUT2D eigenvalue weighted by atomic mass is 28.3. The van der Waals surface area contributed by atoms with Gasteiger partial charge in [0, 0.05) is 5.69 Å². The van der Waals surface area contributed by atoms with Gasteiger partial charge in [-0.05, 0) is 17.7 Å². The standard InChI is InChI=1S/C13H23NSi2/c1-11(15(2)3)12-7-9-13(10-8-12)14-16(4,5)6/h7-10,14-15H,1H2,2-6H3. The van der Waals surface area contributed by atoms with Gasteiger partial charge in [0.25, 0.3) is 0 Å². The quantitative estimate of drug-likeness (QED) is 0.796. The number of rotatable bonds is 4. The van der Waals surface area contributed by atoms with Crippen LogP contribution in [0.1, 0.15) is 5.56 Å². The largest absolute Gasteiger partial charge is 0.411 e. The molecule has 1 nitrogen and oxygen atoms in total. The van der Waals surface area contributed by atoms with E-state index in [1.165, 1.54) is 16.4 Å². The Balaban J connectivity index is 2.80. The summed E-state index contributed by atoms with van der Waals surface area (Å²) in [4.78, 5) is 3.60. The molecule has 0 aliphatic rings. The maximum Gasteiger partial charge on any atom is 0.144 e. The molecular formula is C13H23NSi2. The molecule has 3 heteroatoms. The van der Waals surface area contributed by atoms with Gasteiger partial charge in [-0.15, -0.1) is 0 Å². The van der Waals surface area contributed by atoms with Crippen LogP contribution in [0.25, 0.3) is 5.20 Å². The Morgan fingerprint density at radius 2 is 1.62 bits per heavy atom. The van der Waals surface area contributed by atoms with E-state index < -0.39 is 17.0 Å². The van der Waals surface area contributed by atoms with Crippen molar-refractivity contribution in [3.8, 4) is 0 Å². The van der Waals surface area contributed by atoms with Crippen LogP contribution in [0.3, 0.4) is 0 Å². The molecule has 88 valence electrons. The summed E-state index contributed by atoms with van der Waals surface area (Å²) in [6, 6.07) is 8.74. The first-order valence-corrected chi connectivity index (χ1v) is 12.3. The molecule has 0 aliphatic heterocycles. The highest BCUT2D eigenvalue weighted by Gasteiger charge is 2.12. The maximum atomic E-state index is 4.18. The monoisotopic (exact) mass is 249 g/mol. The topological polar surface area (TPSA) is 12.0 Å². The Kier molecular flexibility index (Phi) is 4.16. The van der Waals surface area contributed by atoms with Crippen molar-refractivity contribution in [2.24, 2.45) is 0 Å². The van der Waals surface area contributed by atoms with Crippen LogP contribution in [0.2, 0.25) is 32.7 Å². The third kappa shape index (κ3) is 3.98. The second kappa shape index (κ2) is 5.02. The maximum absolute atomic E-state index is 4.18. The highest BCUT2D eigenvalue weighted by molar-refractivity contribution is 6.79. The van der Waals surface area contributed by atoms with E-state index in [4.69, 9.17) is 0 Å². The van der Waals surface area contributed by atoms with Gasteiger partial charge in [0.2, 0.25) is 0 Å². The molecule has 0 fully saturated rings. The summed E-state index contributed by atoms with van der Waals surface area (Å²) in [6.07, 6.45) is 0. The Labute approximate surface area is 102 Å². The summed E-state index contributed by atoms with van der Waals surface area (Å²) in [5.74, 6) is 0. The Morgan fingerprint density at radius 3 is 2.00 bits per heavy atom. The van der Waals surface area contributed by atoms with E-state index in [1.54, 1.807) is 0 Å². The number of anilines is 1. The van der Waals surface area contributed by atoms with E-state index in [2.05, 4.69) is 68.6 Å². The van der Waals surface area contributed by atoms with E-state index in [-0.39, 0.29) is 0 Å². The zero-order valence-electron chi connectivity index (χ0n) is 11.1. The molecule has 0 saturated heterocycles. The number of hydrogen-bond donors (Lipinski definition) is 1. The number of benzene rings is 1. The van der Waals surface area contributed by atoms with Crippen molar-refractivity contribution in [1.29, 1.82) is 0 Å². The first-order valence-electron chi connectivity index (χ1n) is 5.87. The van der Waals surface area contributed by atoms with Crippen molar-refractivity contribution in [3.63, 3.8) is 0 Å². The average Bonchev–Trinajstić information content (AvgIpc) is 2.15. The molecule has 0 unspecified atom stereocenters. The van der Waals surface area contributed by atoms with E-state index in [1.807, 2.05) is 0 Å². The van der Waals surface area contributed by atoms with Crippen molar-refractivity contribution >= 4 is 27.9 Å². The Morgan fingerprint density at radius 1 is 1.12 bits per heavy atom. The molecule has 1 aromatic rings. The molecule has 0 radical (unpaired) electrons. The molecule has 0 heterocycles. The average molecular weight is 250 g/mol. The van der Waals surface area contributed by atoms with Crippen molar-refractivity contribution < 1.29 is 0 Å². The van der Waals surface area contributed by atoms with Crippen LogP contribution in [0.15, 0.2) is 30.8 Å². The van der Waals surface area contributed by atoms with E-state index in [0.717, 1.165) is 0 Å². The predicted octanol–water partition coefficient (Wildman–Crippen LogP) is 3.97. The molecule has 16 heavy (non-hydrogen) atoms. The molecule has 0 aromatic heterocycles. The summed E-state index contributed by atoms with van der Waals surface area (Å²) in [5.41, 5.74) is 2.55. The lowest BCUT2D eigenvalue weighted by Gasteiger charge is -2.20. The van der Waals surface area contributed by atoms with Crippen LogP contribution in [0, 0.1) is 0 Å². The lowest BCUT2D eigenvalue weighted by molar-refractivity contribution is 1.56. The molecule has 0 bridgehead atoms. The zero-order chi connectivity index (χ0) is 12.3. The smallest absolute Gasteiger partial charge is 0.144 e. The van der Waals surface area contributed by atoms with Gasteiger partial charge in [-0.3, -0.25) is 0 Å². The molecule has 1 aromatic carbocycles. The minimum absolute atomic E-state index is 0.756. The van der Waals surface area contributed by atoms with Crippen LogP contribution in [-0.4, -0.2) is 17.0 Å². The molecule has 0 spiro atoms. The van der Waals surface area contributed by atoms with Crippen LogP contribution in [0.5, 0.6) is 0 Å². The first-order chi connectivity index (χ1) is 7.29. The second-order valence-electron chi connectivity index (χ2n) is 5.63. The summed E-state index contributed by atoms with van der Waals surface area (Å²) in [6.45, 7) is 15.7. The number of nitrogens with one attached hydrogen (secondary N) is 1. The number of hydrogen-bond acceptors (Lipinski definition) is 1. The fraction of sp³-hybridized carbons (Fsp3) is 0.385. The second-order valence-corrected chi connectivity index (χ2v) is 13.4. The van der Waals surface area contributed by atoms with E-state index >= 15 is 0 Å². The van der Waals surface area contributed by atoms with Crippen LogP contribution in [0.4, 0.5) is 5.69 Å². The van der Waals surface area contributed by atoms with E-state index in [0.29, 0.717) is 0 Å². The fourth-order valence-electron chi connectivity index (χ4n) is 1.53. The summed E-state index contributed by atoms with van der Waals surface area (Å²) in [5, 5.41) is 1.35. The molecule has 1 rings (SSSR count). The lowest BCUT2D eigenvalue weighted by Crippen LogP contribution is -2.32. The van der Waals surface area contributed by atoms with E-state index in [9.17, 15) is 0 Å². The summed E-state index contributed by atoms with van der Waals surface area (Å²) < 4.78 is 0. The van der Waals surface area contributed by atoms with Crippen LogP contribution >= 0.6 is 0 Å². The SMILES string of the molecule is C=C(c1ccc(N[Si](C)(C)C)cc1)[SiH](C)C. The van der Waals surface area contributed by atoms with Gasteiger partial charge in [-0.25, -0.2) is 0 Å². The van der Waals surface area contributed by atoms with Crippen molar-refractivity contribution in [2.45, 2.75) is 32.7 Å². The van der Waals surface area contributed by atoms with Crippen molar-refractivity contribution in [3.05, 3.63) is 36.4 Å². The first kappa shape index (κ1) is 13.3. The van der Waals surface area contributed by atoms with Gasteiger partial charge in [0.15, 0.2) is 0 Å². The van der Waals surface area contributed by atoms with Gasteiger partial charge in [-0.2, -0.15) is 0 Å². The highest BCUT2D eigenvalue weighted by Crippen LogP contribution is 2.19. The molecule has 0 amide bonds. The minimum Gasteiger partial charge on any atom is -0.411 e. The van der Waals surface area contributed by atoms with Gasteiger partial charge in [0.1, 0.15) is 8.24 Å². The molecule has 0 saturated carbocycles. The summed E-state index contributed by atoms with van der Waals surface area (Å²) in [7, 11) is -1.98. The minimum atomic E-state index is -1.23. The van der Waals surface area contributed by atoms with Gasteiger partial charge < -0.3 is 4.98 Å². The Hall–Kier alpha value is -0.806. The molecule has 0 aliphatic carbocycles. The molecular weight excluding hydrogens is 226 g/mol. The fourth-order valence-corrected chi connectivity index (χ4v) is 3.43. The normalized spacial score (nSPS) is 11.6. The summed E-state index contributed by atoms with van der Waals surface area (Å²) >= 11 is 0. The van der Waals surface area contributed by atoms with Gasteiger partial charge in [-0.1, -0.05) is 56.6 Å². The molecule has 1 N–H and O–H groups in total. The lowest BCUT2D eigenvalue weighted by atomic mass is 10.2. The Bertz CT molecular complexity index is 361. The third-order valence-electron chi connectivity index (χ3n) is 2.47. The third-order valence-corrected chi connectivity index (χ3v) is 5.24. The van der Waals surface area contributed by atoms with Crippen molar-refractivity contribution in [2.75, 3.05) is 4.98 Å². The zero-order valence-corrected chi connectivity index (χ0v) is 13.2. The van der Waals surface area contributed by atoms with Gasteiger partial charge >= 0.3 is 0 Å². The van der Waals surface area contributed by atoms with Crippen LogP contribution < -0.4 is 4.98 Å². The molecule has 0 atom stereocenters. The van der Waals surface area contributed by atoms with Crippen LogP contribution in [-0.2, 0) is 0 Å². The van der Waals surface area contributed by atoms with Crippen molar-refractivity contribution in [1.82, 2.24) is 0 Å². The van der Waals surface area contributed by atoms with Gasteiger partial charge in [0.05, 0.1) is 8.80 Å². The predicted molar refractivity (Wildman–Crippen MR) is 81.3 cm³/mol.